The van der Waals surface area contributed by atoms with E-state index in [9.17, 15) is 4.79 Å². The molecule has 2 aromatic rings. The van der Waals surface area contributed by atoms with Crippen molar-refractivity contribution in [3.63, 3.8) is 0 Å². The van der Waals surface area contributed by atoms with Crippen LogP contribution in [0.1, 0.15) is 15.9 Å². The summed E-state index contributed by atoms with van der Waals surface area (Å²) in [6, 6.07) is 12.7. The smallest absolute Gasteiger partial charge is 0.251 e. The molecule has 0 aromatic heterocycles. The molecule has 0 aliphatic heterocycles. The highest BCUT2D eigenvalue weighted by atomic mass is 79.9. The number of carbonyl (C=O) groups excluding carboxylic acids is 1. The zero-order valence-corrected chi connectivity index (χ0v) is 13.2. The van der Waals surface area contributed by atoms with E-state index in [1.165, 1.54) is 7.11 Å². The lowest BCUT2D eigenvalue weighted by Crippen LogP contribution is -2.22. The molecule has 0 saturated heterocycles. The highest BCUT2D eigenvalue weighted by Crippen LogP contribution is 2.25. The van der Waals surface area contributed by atoms with Gasteiger partial charge in [0.1, 0.15) is 5.75 Å². The van der Waals surface area contributed by atoms with Crippen molar-refractivity contribution in [3.8, 4) is 5.75 Å². The quantitative estimate of drug-likeness (QED) is 0.900. The zero-order valence-electron chi connectivity index (χ0n) is 10.8. The van der Waals surface area contributed by atoms with E-state index < -0.39 is 0 Å². The number of nitrogens with one attached hydrogen (secondary N) is 1. The predicted molar refractivity (Wildman–Crippen MR) is 83.3 cm³/mol. The van der Waals surface area contributed by atoms with Crippen LogP contribution in [-0.4, -0.2) is 13.0 Å². The van der Waals surface area contributed by atoms with Crippen molar-refractivity contribution in [2.24, 2.45) is 0 Å². The van der Waals surface area contributed by atoms with Gasteiger partial charge in [-0.1, -0.05) is 45.7 Å². The van der Waals surface area contributed by atoms with Gasteiger partial charge in [-0.2, -0.15) is 0 Å². The molecule has 5 heteroatoms. The van der Waals surface area contributed by atoms with Crippen LogP contribution in [-0.2, 0) is 6.54 Å². The summed E-state index contributed by atoms with van der Waals surface area (Å²) in [5.41, 5.74) is 1.52. The Morgan fingerprint density at radius 2 is 2.05 bits per heavy atom. The molecule has 0 fully saturated rings. The van der Waals surface area contributed by atoms with E-state index in [4.69, 9.17) is 16.3 Å². The third kappa shape index (κ3) is 3.52. The first kappa shape index (κ1) is 14.9. The van der Waals surface area contributed by atoms with Gasteiger partial charge in [0.2, 0.25) is 0 Å². The average Bonchev–Trinajstić information content (AvgIpc) is 2.46. The molecule has 0 unspecified atom stereocenters. The standard InChI is InChI=1S/C15H13BrClNO2/c1-20-14-7-6-10(8-13(14)17)15(19)18-9-11-4-2-3-5-12(11)16/h2-8H,9H2,1H3,(H,18,19). The summed E-state index contributed by atoms with van der Waals surface area (Å²) in [5.74, 6) is 0.374. The Morgan fingerprint density at radius 3 is 2.70 bits per heavy atom. The molecule has 0 aliphatic carbocycles. The number of methoxy groups -OCH3 is 1. The van der Waals surface area contributed by atoms with E-state index in [1.54, 1.807) is 18.2 Å². The Labute approximate surface area is 131 Å². The summed E-state index contributed by atoms with van der Waals surface area (Å²) in [5, 5.41) is 3.27. The number of benzene rings is 2. The monoisotopic (exact) mass is 353 g/mol. The van der Waals surface area contributed by atoms with Crippen LogP contribution in [0.5, 0.6) is 5.75 Å². The molecule has 0 aliphatic rings. The second-order valence-electron chi connectivity index (χ2n) is 4.12. The fourth-order valence-electron chi connectivity index (χ4n) is 1.73. The fourth-order valence-corrected chi connectivity index (χ4v) is 2.41. The van der Waals surface area contributed by atoms with Crippen LogP contribution in [0.3, 0.4) is 0 Å². The molecule has 0 saturated carbocycles. The lowest BCUT2D eigenvalue weighted by Gasteiger charge is -2.08. The van der Waals surface area contributed by atoms with Gasteiger partial charge in [-0.05, 0) is 29.8 Å². The summed E-state index contributed by atoms with van der Waals surface area (Å²) in [7, 11) is 1.54. The Balaban J connectivity index is 2.05. The molecule has 0 heterocycles. The Bertz CT molecular complexity index is 631. The number of ether oxygens (including phenoxy) is 1. The largest absolute Gasteiger partial charge is 0.495 e. The van der Waals surface area contributed by atoms with Gasteiger partial charge >= 0.3 is 0 Å². The van der Waals surface area contributed by atoms with Crippen molar-refractivity contribution in [1.29, 1.82) is 0 Å². The minimum absolute atomic E-state index is 0.176. The third-order valence-corrected chi connectivity index (χ3v) is 3.88. The topological polar surface area (TPSA) is 38.3 Å². The molecular formula is C15H13BrClNO2. The van der Waals surface area contributed by atoms with Gasteiger partial charge in [-0.15, -0.1) is 0 Å². The van der Waals surface area contributed by atoms with Crippen molar-refractivity contribution in [3.05, 3.63) is 63.1 Å². The highest BCUT2D eigenvalue weighted by Gasteiger charge is 2.09. The van der Waals surface area contributed by atoms with Crippen molar-refractivity contribution < 1.29 is 9.53 Å². The van der Waals surface area contributed by atoms with Crippen LogP contribution >= 0.6 is 27.5 Å². The van der Waals surface area contributed by atoms with E-state index >= 15 is 0 Å². The van der Waals surface area contributed by atoms with Crippen molar-refractivity contribution >= 4 is 33.4 Å². The molecule has 1 amide bonds. The minimum atomic E-state index is -0.176. The van der Waals surface area contributed by atoms with Crippen LogP contribution in [0.25, 0.3) is 0 Å². The maximum atomic E-state index is 12.1. The molecule has 1 N–H and O–H groups in total. The van der Waals surface area contributed by atoms with Gasteiger partial charge in [0.25, 0.3) is 5.91 Å². The van der Waals surface area contributed by atoms with Crippen LogP contribution in [0.2, 0.25) is 5.02 Å². The molecule has 0 atom stereocenters. The molecule has 20 heavy (non-hydrogen) atoms. The molecule has 2 aromatic carbocycles. The molecule has 2 rings (SSSR count). The Kier molecular flexibility index (Phi) is 5.04. The van der Waals surface area contributed by atoms with Crippen LogP contribution in [0.15, 0.2) is 46.9 Å². The molecule has 0 spiro atoms. The van der Waals surface area contributed by atoms with E-state index in [-0.39, 0.29) is 5.91 Å². The van der Waals surface area contributed by atoms with Gasteiger partial charge < -0.3 is 10.1 Å². The number of amides is 1. The zero-order chi connectivity index (χ0) is 14.5. The Hall–Kier alpha value is -1.52. The van der Waals surface area contributed by atoms with Gasteiger partial charge in [0.05, 0.1) is 12.1 Å². The summed E-state index contributed by atoms with van der Waals surface area (Å²) in [4.78, 5) is 12.1. The average molecular weight is 355 g/mol. The first-order valence-electron chi connectivity index (χ1n) is 5.97. The summed E-state index contributed by atoms with van der Waals surface area (Å²) in [6.45, 7) is 0.448. The SMILES string of the molecule is COc1ccc(C(=O)NCc2ccccc2Br)cc1Cl. The van der Waals surface area contributed by atoms with E-state index in [0.29, 0.717) is 22.9 Å². The lowest BCUT2D eigenvalue weighted by molar-refractivity contribution is 0.0951. The number of carbonyl (C=O) groups is 1. The molecule has 0 radical (unpaired) electrons. The molecular weight excluding hydrogens is 342 g/mol. The fraction of sp³-hybridized carbons (Fsp3) is 0.133. The maximum Gasteiger partial charge on any atom is 0.251 e. The van der Waals surface area contributed by atoms with Crippen LogP contribution < -0.4 is 10.1 Å². The third-order valence-electron chi connectivity index (χ3n) is 2.81. The van der Waals surface area contributed by atoms with Crippen molar-refractivity contribution in [1.82, 2.24) is 5.32 Å². The molecule has 0 bridgehead atoms. The van der Waals surface area contributed by atoms with Gasteiger partial charge in [0, 0.05) is 16.6 Å². The van der Waals surface area contributed by atoms with Crippen molar-refractivity contribution in [2.45, 2.75) is 6.54 Å². The van der Waals surface area contributed by atoms with E-state index in [1.807, 2.05) is 24.3 Å². The van der Waals surface area contributed by atoms with E-state index in [0.717, 1.165) is 10.0 Å². The maximum absolute atomic E-state index is 12.1. The Morgan fingerprint density at radius 1 is 1.30 bits per heavy atom. The number of rotatable bonds is 4. The van der Waals surface area contributed by atoms with Crippen LogP contribution in [0, 0.1) is 0 Å². The normalized spacial score (nSPS) is 10.2. The summed E-state index contributed by atoms with van der Waals surface area (Å²) in [6.07, 6.45) is 0. The highest BCUT2D eigenvalue weighted by molar-refractivity contribution is 9.10. The number of halogens is 2. The summed E-state index contributed by atoms with van der Waals surface area (Å²) >= 11 is 9.45. The van der Waals surface area contributed by atoms with E-state index in [2.05, 4.69) is 21.2 Å². The second-order valence-corrected chi connectivity index (χ2v) is 5.38. The van der Waals surface area contributed by atoms with Crippen molar-refractivity contribution in [2.75, 3.05) is 7.11 Å². The first-order chi connectivity index (χ1) is 9.61. The lowest BCUT2D eigenvalue weighted by atomic mass is 10.2. The predicted octanol–water partition coefficient (Wildman–Crippen LogP) is 4.04. The van der Waals surface area contributed by atoms with Gasteiger partial charge in [-0.3, -0.25) is 4.79 Å². The second kappa shape index (κ2) is 6.77. The number of hydrogen-bond donors (Lipinski definition) is 1. The first-order valence-corrected chi connectivity index (χ1v) is 7.14. The van der Waals surface area contributed by atoms with Gasteiger partial charge in [-0.25, -0.2) is 0 Å². The van der Waals surface area contributed by atoms with Gasteiger partial charge in [0.15, 0.2) is 0 Å². The number of hydrogen-bond acceptors (Lipinski definition) is 2. The van der Waals surface area contributed by atoms with Crippen LogP contribution in [0.4, 0.5) is 0 Å². The minimum Gasteiger partial charge on any atom is -0.495 e. The molecule has 3 nitrogen and oxygen atoms in total. The molecule has 104 valence electrons. The summed E-state index contributed by atoms with van der Waals surface area (Å²) < 4.78 is 6.02.